The van der Waals surface area contributed by atoms with Gasteiger partial charge in [-0.3, -0.25) is 4.79 Å². The molecule has 5 heteroatoms. The standard InChI is InChI=1S/C22H35N3O2/c1-4-18-6-8-19(9-7-18)21(27)25-12-5-11-22(17-25)16-24(13-10-20(22)26)15-14-23(2)3/h6-9,20,26H,4-5,10-17H2,1-3H3/t20-,22-/m1/s1. The SMILES string of the molecule is CCc1ccc(C(=O)N2CCC[C@@]3(CN(CCN(C)C)CC[C@H]3O)C2)cc1. The van der Waals surface area contributed by atoms with Gasteiger partial charge in [-0.2, -0.15) is 0 Å². The van der Waals surface area contributed by atoms with Crippen LogP contribution in [-0.2, 0) is 6.42 Å². The first-order valence-electron chi connectivity index (χ1n) is 10.4. The van der Waals surface area contributed by atoms with Crippen LogP contribution in [0.15, 0.2) is 24.3 Å². The number of piperidine rings is 2. The first-order valence-corrected chi connectivity index (χ1v) is 10.4. The summed E-state index contributed by atoms with van der Waals surface area (Å²) in [6, 6.07) is 7.99. The van der Waals surface area contributed by atoms with E-state index in [1.165, 1.54) is 5.56 Å². The highest BCUT2D eigenvalue weighted by atomic mass is 16.3. The Kier molecular flexibility index (Phi) is 6.56. The van der Waals surface area contributed by atoms with Crippen molar-refractivity contribution in [3.63, 3.8) is 0 Å². The van der Waals surface area contributed by atoms with Gasteiger partial charge in [0.2, 0.25) is 0 Å². The maximum absolute atomic E-state index is 13.1. The third kappa shape index (κ3) is 4.71. The second-order valence-electron chi connectivity index (χ2n) is 8.63. The maximum Gasteiger partial charge on any atom is 0.253 e. The number of hydrogen-bond acceptors (Lipinski definition) is 4. The molecule has 1 spiro atoms. The smallest absolute Gasteiger partial charge is 0.253 e. The van der Waals surface area contributed by atoms with Crippen LogP contribution < -0.4 is 0 Å². The first-order chi connectivity index (χ1) is 12.9. The number of aliphatic hydroxyl groups excluding tert-OH is 1. The number of carbonyl (C=O) groups is 1. The zero-order valence-corrected chi connectivity index (χ0v) is 17.2. The predicted molar refractivity (Wildman–Crippen MR) is 109 cm³/mol. The Morgan fingerprint density at radius 3 is 2.63 bits per heavy atom. The van der Waals surface area contributed by atoms with Crippen LogP contribution in [0.3, 0.4) is 0 Å². The van der Waals surface area contributed by atoms with E-state index in [0.717, 1.165) is 64.0 Å². The molecule has 2 saturated heterocycles. The number of likely N-dealkylation sites (tertiary alicyclic amines) is 2. The molecule has 1 aromatic rings. The van der Waals surface area contributed by atoms with Gasteiger partial charge < -0.3 is 19.8 Å². The fourth-order valence-electron chi connectivity index (χ4n) is 4.57. The predicted octanol–water partition coefficient (Wildman–Crippen LogP) is 2.10. The molecule has 1 amide bonds. The van der Waals surface area contributed by atoms with E-state index in [1.54, 1.807) is 0 Å². The fraction of sp³-hybridized carbons (Fsp3) is 0.682. The molecule has 2 heterocycles. The van der Waals surface area contributed by atoms with Crippen LogP contribution in [0.1, 0.15) is 42.1 Å². The second kappa shape index (κ2) is 8.72. The third-order valence-corrected chi connectivity index (χ3v) is 6.33. The zero-order chi connectivity index (χ0) is 19.4. The Labute approximate surface area is 163 Å². The van der Waals surface area contributed by atoms with Crippen LogP contribution in [0.2, 0.25) is 0 Å². The topological polar surface area (TPSA) is 47.0 Å². The lowest BCUT2D eigenvalue weighted by molar-refractivity contribution is -0.0791. The average molecular weight is 374 g/mol. The molecular formula is C22H35N3O2. The van der Waals surface area contributed by atoms with E-state index in [0.29, 0.717) is 6.54 Å². The average Bonchev–Trinajstić information content (AvgIpc) is 2.68. The zero-order valence-electron chi connectivity index (χ0n) is 17.2. The molecule has 5 nitrogen and oxygen atoms in total. The second-order valence-corrected chi connectivity index (χ2v) is 8.63. The van der Waals surface area contributed by atoms with E-state index >= 15 is 0 Å². The molecule has 2 aliphatic rings. The van der Waals surface area contributed by atoms with Crippen LogP contribution >= 0.6 is 0 Å². The molecule has 1 N–H and O–H groups in total. The lowest BCUT2D eigenvalue weighted by atomic mass is 9.71. The van der Waals surface area contributed by atoms with Crippen LogP contribution in [0, 0.1) is 5.41 Å². The fourth-order valence-corrected chi connectivity index (χ4v) is 4.57. The van der Waals surface area contributed by atoms with Gasteiger partial charge in [-0.05, 0) is 57.5 Å². The van der Waals surface area contributed by atoms with Crippen molar-refractivity contribution in [2.75, 3.05) is 53.4 Å². The molecule has 27 heavy (non-hydrogen) atoms. The summed E-state index contributed by atoms with van der Waals surface area (Å²) in [7, 11) is 4.19. The molecule has 0 saturated carbocycles. The van der Waals surface area contributed by atoms with Crippen LogP contribution in [-0.4, -0.2) is 85.2 Å². The van der Waals surface area contributed by atoms with Crippen molar-refractivity contribution < 1.29 is 9.90 Å². The van der Waals surface area contributed by atoms with E-state index in [9.17, 15) is 9.90 Å². The van der Waals surface area contributed by atoms with Gasteiger partial charge in [-0.25, -0.2) is 0 Å². The van der Waals surface area contributed by atoms with Gasteiger partial charge in [0.25, 0.3) is 5.91 Å². The lowest BCUT2D eigenvalue weighted by Crippen LogP contribution is -2.60. The molecule has 3 rings (SSSR count). The highest BCUT2D eigenvalue weighted by Crippen LogP contribution is 2.39. The van der Waals surface area contributed by atoms with Gasteiger partial charge in [0.05, 0.1) is 6.10 Å². The lowest BCUT2D eigenvalue weighted by Gasteiger charge is -2.51. The summed E-state index contributed by atoms with van der Waals surface area (Å²) in [6.45, 7) is 7.47. The molecule has 0 aliphatic carbocycles. The highest BCUT2D eigenvalue weighted by molar-refractivity contribution is 5.94. The molecule has 2 aliphatic heterocycles. The summed E-state index contributed by atoms with van der Waals surface area (Å²) in [6.07, 6.45) is 3.45. The molecule has 0 bridgehead atoms. The Hall–Kier alpha value is -1.43. The van der Waals surface area contributed by atoms with Crippen LogP contribution in [0.4, 0.5) is 0 Å². The number of aryl methyl sites for hydroxylation is 1. The largest absolute Gasteiger partial charge is 0.392 e. The van der Waals surface area contributed by atoms with Crippen molar-refractivity contribution in [2.24, 2.45) is 5.41 Å². The number of benzene rings is 1. The minimum absolute atomic E-state index is 0.106. The van der Waals surface area contributed by atoms with E-state index in [4.69, 9.17) is 0 Å². The monoisotopic (exact) mass is 373 g/mol. The van der Waals surface area contributed by atoms with Crippen molar-refractivity contribution in [1.29, 1.82) is 0 Å². The summed E-state index contributed by atoms with van der Waals surface area (Å²) < 4.78 is 0. The Bertz CT molecular complexity index is 631. The first kappa shape index (κ1) is 20.3. The molecule has 0 radical (unpaired) electrons. The number of aliphatic hydroxyl groups is 1. The molecule has 2 atom stereocenters. The number of nitrogens with zero attached hydrogens (tertiary/aromatic N) is 3. The summed E-state index contributed by atoms with van der Waals surface area (Å²) in [5.74, 6) is 0.106. The quantitative estimate of drug-likeness (QED) is 0.859. The molecular weight excluding hydrogens is 338 g/mol. The van der Waals surface area contributed by atoms with Gasteiger partial charge in [0.15, 0.2) is 0 Å². The molecule has 150 valence electrons. The van der Waals surface area contributed by atoms with E-state index in [2.05, 4.69) is 30.8 Å². The van der Waals surface area contributed by atoms with Crippen molar-refractivity contribution in [3.8, 4) is 0 Å². The summed E-state index contributed by atoms with van der Waals surface area (Å²) >= 11 is 0. The van der Waals surface area contributed by atoms with Gasteiger partial charge in [-0.15, -0.1) is 0 Å². The molecule has 0 unspecified atom stereocenters. The minimum Gasteiger partial charge on any atom is -0.392 e. The number of amides is 1. The maximum atomic E-state index is 13.1. The van der Waals surface area contributed by atoms with Crippen molar-refractivity contribution >= 4 is 5.91 Å². The van der Waals surface area contributed by atoms with E-state index in [1.807, 2.05) is 29.2 Å². The summed E-state index contributed by atoms with van der Waals surface area (Å²) in [5, 5.41) is 10.8. The van der Waals surface area contributed by atoms with Gasteiger partial charge in [0, 0.05) is 50.2 Å². The van der Waals surface area contributed by atoms with E-state index in [-0.39, 0.29) is 17.4 Å². The number of hydrogen-bond donors (Lipinski definition) is 1. The van der Waals surface area contributed by atoms with Crippen LogP contribution in [0.25, 0.3) is 0 Å². The number of rotatable bonds is 5. The Morgan fingerprint density at radius 2 is 1.96 bits per heavy atom. The van der Waals surface area contributed by atoms with Crippen molar-refractivity contribution in [1.82, 2.24) is 14.7 Å². The normalized spacial score (nSPS) is 26.7. The highest BCUT2D eigenvalue weighted by Gasteiger charge is 2.46. The molecule has 0 aromatic heterocycles. The van der Waals surface area contributed by atoms with Gasteiger partial charge >= 0.3 is 0 Å². The van der Waals surface area contributed by atoms with Gasteiger partial charge in [0.1, 0.15) is 0 Å². The van der Waals surface area contributed by atoms with Crippen molar-refractivity contribution in [3.05, 3.63) is 35.4 Å². The van der Waals surface area contributed by atoms with Crippen LogP contribution in [0.5, 0.6) is 0 Å². The van der Waals surface area contributed by atoms with E-state index < -0.39 is 0 Å². The minimum atomic E-state index is -0.314. The number of likely N-dealkylation sites (N-methyl/N-ethyl adjacent to an activating group) is 1. The molecule has 1 aromatic carbocycles. The molecule has 2 fully saturated rings. The third-order valence-electron chi connectivity index (χ3n) is 6.33. The van der Waals surface area contributed by atoms with Crippen molar-refractivity contribution in [2.45, 2.75) is 38.7 Å². The van der Waals surface area contributed by atoms with Gasteiger partial charge in [-0.1, -0.05) is 19.1 Å². The Balaban J connectivity index is 1.69. The Morgan fingerprint density at radius 1 is 1.22 bits per heavy atom. The summed E-state index contributed by atoms with van der Waals surface area (Å²) in [5.41, 5.74) is 1.84. The summed E-state index contributed by atoms with van der Waals surface area (Å²) in [4.78, 5) is 19.7. The number of carbonyl (C=O) groups excluding carboxylic acids is 1.